The second-order valence-corrected chi connectivity index (χ2v) is 4.11. The molecule has 0 fully saturated rings. The van der Waals surface area contributed by atoms with E-state index in [9.17, 15) is 4.79 Å². The fourth-order valence-electron chi connectivity index (χ4n) is 1.64. The molecule has 5 heteroatoms. The zero-order chi connectivity index (χ0) is 11.0. The molecule has 0 spiro atoms. The van der Waals surface area contributed by atoms with Crippen LogP contribution in [0.15, 0.2) is 36.1 Å². The molecule has 0 radical (unpaired) electrons. The van der Waals surface area contributed by atoms with Crippen molar-refractivity contribution in [3.05, 3.63) is 41.8 Å². The van der Waals surface area contributed by atoms with E-state index in [1.807, 2.05) is 21.9 Å². The molecule has 78 valence electrons. The first-order valence-corrected chi connectivity index (χ1v) is 5.58. The quantitative estimate of drug-likeness (QED) is 0.633. The van der Waals surface area contributed by atoms with Crippen LogP contribution in [0.4, 0.5) is 0 Å². The molecule has 3 aromatic heterocycles. The lowest BCUT2D eigenvalue weighted by Crippen LogP contribution is -1.91. The minimum absolute atomic E-state index is 0.572. The summed E-state index contributed by atoms with van der Waals surface area (Å²) >= 11 is 1.52. The Balaban J connectivity index is 2.31. The van der Waals surface area contributed by atoms with Crippen LogP contribution < -0.4 is 0 Å². The number of thiazole rings is 1. The Morgan fingerprint density at radius 2 is 2.12 bits per heavy atom. The van der Waals surface area contributed by atoms with Crippen molar-refractivity contribution >= 4 is 22.6 Å². The molecule has 0 amide bonds. The summed E-state index contributed by atoms with van der Waals surface area (Å²) in [5.74, 6) is 0. The predicted molar refractivity (Wildman–Crippen MR) is 61.7 cm³/mol. The van der Waals surface area contributed by atoms with Crippen molar-refractivity contribution in [1.82, 2.24) is 14.4 Å². The normalized spacial score (nSPS) is 10.8. The van der Waals surface area contributed by atoms with Gasteiger partial charge < -0.3 is 0 Å². The van der Waals surface area contributed by atoms with E-state index < -0.39 is 0 Å². The number of rotatable bonds is 2. The van der Waals surface area contributed by atoms with E-state index in [0.29, 0.717) is 5.69 Å². The largest absolute Gasteiger partial charge is 0.296 e. The van der Waals surface area contributed by atoms with Gasteiger partial charge in [-0.3, -0.25) is 14.2 Å². The molecule has 3 aromatic rings. The van der Waals surface area contributed by atoms with Gasteiger partial charge in [0.15, 0.2) is 11.2 Å². The molecular weight excluding hydrogens is 222 g/mol. The Morgan fingerprint density at radius 3 is 2.88 bits per heavy atom. The summed E-state index contributed by atoms with van der Waals surface area (Å²) in [5.41, 5.74) is 2.58. The number of fused-ring (bicyclic) bond motifs is 1. The van der Waals surface area contributed by atoms with E-state index in [0.717, 1.165) is 22.5 Å². The SMILES string of the molecule is O=Cc1cnc2scc(-c3ccncc3)n12. The fraction of sp³-hybridized carbons (Fsp3) is 0. The highest BCUT2D eigenvalue weighted by Gasteiger charge is 2.10. The summed E-state index contributed by atoms with van der Waals surface area (Å²) in [6.45, 7) is 0. The van der Waals surface area contributed by atoms with Gasteiger partial charge in [-0.2, -0.15) is 0 Å². The molecule has 0 aliphatic rings. The average Bonchev–Trinajstić information content (AvgIpc) is 2.90. The highest BCUT2D eigenvalue weighted by Crippen LogP contribution is 2.26. The topological polar surface area (TPSA) is 47.3 Å². The number of hydrogen-bond acceptors (Lipinski definition) is 4. The second-order valence-electron chi connectivity index (χ2n) is 3.28. The Bertz CT molecular complexity index is 642. The van der Waals surface area contributed by atoms with Crippen LogP contribution in [0.2, 0.25) is 0 Å². The molecule has 3 heterocycles. The van der Waals surface area contributed by atoms with Crippen molar-refractivity contribution in [2.24, 2.45) is 0 Å². The van der Waals surface area contributed by atoms with Crippen LogP contribution in [0.25, 0.3) is 16.2 Å². The molecular formula is C11H7N3OS. The summed E-state index contributed by atoms with van der Waals surface area (Å²) in [5, 5.41) is 1.99. The van der Waals surface area contributed by atoms with Crippen LogP contribution in [0, 0.1) is 0 Å². The third kappa shape index (κ3) is 1.25. The summed E-state index contributed by atoms with van der Waals surface area (Å²) in [4.78, 5) is 19.9. The summed E-state index contributed by atoms with van der Waals surface area (Å²) in [7, 11) is 0. The molecule has 0 bridgehead atoms. The van der Waals surface area contributed by atoms with Gasteiger partial charge in [-0.05, 0) is 12.1 Å². The predicted octanol–water partition coefficient (Wildman–Crippen LogP) is 2.27. The Morgan fingerprint density at radius 1 is 1.31 bits per heavy atom. The molecule has 0 N–H and O–H groups in total. The third-order valence-electron chi connectivity index (χ3n) is 2.37. The van der Waals surface area contributed by atoms with Crippen molar-refractivity contribution in [1.29, 1.82) is 0 Å². The zero-order valence-electron chi connectivity index (χ0n) is 8.20. The van der Waals surface area contributed by atoms with E-state index in [1.165, 1.54) is 11.3 Å². The van der Waals surface area contributed by atoms with Crippen LogP contribution in [-0.2, 0) is 0 Å². The number of aldehydes is 1. The van der Waals surface area contributed by atoms with E-state index in [-0.39, 0.29) is 0 Å². The van der Waals surface area contributed by atoms with Crippen molar-refractivity contribution in [2.45, 2.75) is 0 Å². The first-order valence-electron chi connectivity index (χ1n) is 4.70. The molecule has 0 aliphatic carbocycles. The lowest BCUT2D eigenvalue weighted by molar-refractivity contribution is 0.111. The number of carbonyl (C=O) groups excluding carboxylic acids is 1. The minimum atomic E-state index is 0.572. The lowest BCUT2D eigenvalue weighted by atomic mass is 10.2. The maximum absolute atomic E-state index is 10.9. The number of nitrogens with zero attached hydrogens (tertiary/aromatic N) is 3. The van der Waals surface area contributed by atoms with Gasteiger partial charge in [0.05, 0.1) is 11.9 Å². The van der Waals surface area contributed by atoms with E-state index in [4.69, 9.17) is 0 Å². The van der Waals surface area contributed by atoms with Gasteiger partial charge in [0.2, 0.25) is 0 Å². The van der Waals surface area contributed by atoms with Crippen LogP contribution in [0.1, 0.15) is 10.5 Å². The van der Waals surface area contributed by atoms with Crippen molar-refractivity contribution in [3.63, 3.8) is 0 Å². The Labute approximate surface area is 95.2 Å². The maximum atomic E-state index is 10.9. The van der Waals surface area contributed by atoms with Gasteiger partial charge >= 0.3 is 0 Å². The van der Waals surface area contributed by atoms with Gasteiger partial charge in [0.1, 0.15) is 5.69 Å². The fourth-order valence-corrected chi connectivity index (χ4v) is 2.52. The maximum Gasteiger partial charge on any atom is 0.194 e. The molecule has 3 rings (SSSR count). The number of carbonyl (C=O) groups is 1. The molecule has 16 heavy (non-hydrogen) atoms. The molecule has 0 atom stereocenters. The van der Waals surface area contributed by atoms with E-state index in [2.05, 4.69) is 9.97 Å². The standard InChI is InChI=1S/C11H7N3OS/c15-6-9-5-13-11-14(9)10(7-16-11)8-1-3-12-4-2-8/h1-7H. The van der Waals surface area contributed by atoms with Crippen molar-refractivity contribution in [2.75, 3.05) is 0 Å². The molecule has 4 nitrogen and oxygen atoms in total. The van der Waals surface area contributed by atoms with Crippen molar-refractivity contribution in [3.8, 4) is 11.3 Å². The summed E-state index contributed by atoms with van der Waals surface area (Å²) < 4.78 is 1.85. The number of imidazole rings is 1. The number of aromatic nitrogens is 3. The Hall–Kier alpha value is -2.01. The summed E-state index contributed by atoms with van der Waals surface area (Å²) in [6, 6.07) is 3.83. The van der Waals surface area contributed by atoms with Crippen LogP contribution in [0.3, 0.4) is 0 Å². The zero-order valence-corrected chi connectivity index (χ0v) is 9.02. The molecule has 0 aliphatic heterocycles. The molecule has 0 unspecified atom stereocenters. The smallest absolute Gasteiger partial charge is 0.194 e. The van der Waals surface area contributed by atoms with Gasteiger partial charge in [-0.25, -0.2) is 4.98 Å². The molecule has 0 saturated heterocycles. The average molecular weight is 229 g/mol. The van der Waals surface area contributed by atoms with Gasteiger partial charge in [-0.15, -0.1) is 11.3 Å². The second kappa shape index (κ2) is 3.53. The highest BCUT2D eigenvalue weighted by atomic mass is 32.1. The van der Waals surface area contributed by atoms with Gasteiger partial charge in [0, 0.05) is 23.3 Å². The van der Waals surface area contributed by atoms with E-state index in [1.54, 1.807) is 18.6 Å². The lowest BCUT2D eigenvalue weighted by Gasteiger charge is -1.99. The molecule has 0 saturated carbocycles. The van der Waals surface area contributed by atoms with Crippen LogP contribution >= 0.6 is 11.3 Å². The van der Waals surface area contributed by atoms with Crippen LogP contribution in [0.5, 0.6) is 0 Å². The first-order chi connectivity index (χ1) is 7.90. The first kappa shape index (κ1) is 9.23. The Kier molecular flexibility index (Phi) is 2.04. The number of pyridine rings is 1. The van der Waals surface area contributed by atoms with Crippen molar-refractivity contribution < 1.29 is 4.79 Å². The van der Waals surface area contributed by atoms with E-state index >= 15 is 0 Å². The number of hydrogen-bond donors (Lipinski definition) is 0. The third-order valence-corrected chi connectivity index (χ3v) is 3.21. The monoisotopic (exact) mass is 229 g/mol. The minimum Gasteiger partial charge on any atom is -0.296 e. The highest BCUT2D eigenvalue weighted by molar-refractivity contribution is 7.15. The van der Waals surface area contributed by atoms with Crippen LogP contribution in [-0.4, -0.2) is 20.7 Å². The molecule has 0 aromatic carbocycles. The van der Waals surface area contributed by atoms with Gasteiger partial charge in [0.25, 0.3) is 0 Å². The van der Waals surface area contributed by atoms with Gasteiger partial charge in [-0.1, -0.05) is 0 Å². The summed E-state index contributed by atoms with van der Waals surface area (Å²) in [6.07, 6.45) is 5.87.